The Bertz CT molecular complexity index is 939. The highest BCUT2D eigenvalue weighted by Crippen LogP contribution is 2.29. The fraction of sp³-hybridized carbons (Fsp3) is 0.125. The number of thioether (sulfide) groups is 1. The Morgan fingerprint density at radius 3 is 2.70 bits per heavy atom. The number of hydrogen-bond donors (Lipinski definition) is 3. The molecule has 0 aliphatic rings. The van der Waals surface area contributed by atoms with E-state index in [4.69, 9.17) is 10.5 Å². The Kier molecular flexibility index (Phi) is 6.27. The van der Waals surface area contributed by atoms with Crippen LogP contribution in [-0.4, -0.2) is 34.9 Å². The smallest absolute Gasteiger partial charge is 0.251 e. The number of rotatable bonds is 8. The topological polar surface area (TPSA) is 119 Å². The van der Waals surface area contributed by atoms with E-state index in [1.165, 1.54) is 34.4 Å². The average Bonchev–Trinajstić information content (AvgIpc) is 3.30. The number of amides is 2. The molecule has 0 aliphatic heterocycles. The van der Waals surface area contributed by atoms with Gasteiger partial charge < -0.3 is 21.1 Å². The normalized spacial score (nSPS) is 10.4. The summed E-state index contributed by atoms with van der Waals surface area (Å²) in [7, 11) is 1.61. The van der Waals surface area contributed by atoms with Crippen molar-refractivity contribution in [2.24, 2.45) is 5.73 Å². The molecular formula is C16H15N5O3S3. The Balaban J connectivity index is 1.52. The van der Waals surface area contributed by atoms with E-state index in [1.54, 1.807) is 18.6 Å². The van der Waals surface area contributed by atoms with Crippen molar-refractivity contribution >= 4 is 62.1 Å². The summed E-state index contributed by atoms with van der Waals surface area (Å²) < 4.78 is 5.77. The fourth-order valence-corrected chi connectivity index (χ4v) is 4.39. The number of carbonyl (C=O) groups is 2. The molecular weight excluding hydrogens is 406 g/mol. The molecule has 3 aromatic rings. The van der Waals surface area contributed by atoms with E-state index in [9.17, 15) is 9.59 Å². The summed E-state index contributed by atoms with van der Waals surface area (Å²) in [4.78, 5) is 23.3. The van der Waals surface area contributed by atoms with Gasteiger partial charge in [0.25, 0.3) is 5.91 Å². The lowest BCUT2D eigenvalue weighted by atomic mass is 10.3. The molecule has 1 aromatic carbocycles. The number of primary amides is 1. The quantitative estimate of drug-likeness (QED) is 0.478. The number of aromatic nitrogens is 2. The SMILES string of the molecule is COc1ccc(Nc2nnc(SCC(=O)Nc3sccc3C(N)=O)s2)cc1. The molecule has 0 atom stereocenters. The zero-order chi connectivity index (χ0) is 19.2. The maximum atomic E-state index is 12.1. The molecule has 0 fully saturated rings. The molecule has 3 rings (SSSR count). The van der Waals surface area contributed by atoms with Crippen LogP contribution in [-0.2, 0) is 4.79 Å². The summed E-state index contributed by atoms with van der Waals surface area (Å²) >= 11 is 3.86. The Labute approximate surface area is 167 Å². The summed E-state index contributed by atoms with van der Waals surface area (Å²) in [6.45, 7) is 0. The predicted molar refractivity (Wildman–Crippen MR) is 108 cm³/mol. The van der Waals surface area contributed by atoms with Gasteiger partial charge >= 0.3 is 0 Å². The summed E-state index contributed by atoms with van der Waals surface area (Å²) in [5, 5.41) is 16.7. The molecule has 2 heterocycles. The molecule has 2 aromatic heterocycles. The third kappa shape index (κ3) is 5.18. The van der Waals surface area contributed by atoms with Crippen LogP contribution in [0.4, 0.5) is 15.8 Å². The van der Waals surface area contributed by atoms with E-state index in [-0.39, 0.29) is 11.7 Å². The van der Waals surface area contributed by atoms with E-state index >= 15 is 0 Å². The number of methoxy groups -OCH3 is 1. The van der Waals surface area contributed by atoms with Crippen LogP contribution in [0.15, 0.2) is 40.1 Å². The van der Waals surface area contributed by atoms with Crippen molar-refractivity contribution in [2.45, 2.75) is 4.34 Å². The number of carbonyl (C=O) groups excluding carboxylic acids is 2. The van der Waals surface area contributed by atoms with Crippen molar-refractivity contribution in [1.82, 2.24) is 10.2 Å². The van der Waals surface area contributed by atoms with Gasteiger partial charge in [0.15, 0.2) is 4.34 Å². The number of ether oxygens (including phenoxy) is 1. The Morgan fingerprint density at radius 1 is 1.22 bits per heavy atom. The van der Waals surface area contributed by atoms with Crippen LogP contribution in [0.25, 0.3) is 0 Å². The third-order valence-electron chi connectivity index (χ3n) is 3.26. The first-order valence-electron chi connectivity index (χ1n) is 7.59. The van der Waals surface area contributed by atoms with Gasteiger partial charge in [-0.15, -0.1) is 21.5 Å². The van der Waals surface area contributed by atoms with Gasteiger partial charge in [-0.25, -0.2) is 0 Å². The minimum atomic E-state index is -0.572. The van der Waals surface area contributed by atoms with Crippen molar-refractivity contribution in [2.75, 3.05) is 23.5 Å². The molecule has 0 radical (unpaired) electrons. The maximum absolute atomic E-state index is 12.1. The molecule has 2 amide bonds. The van der Waals surface area contributed by atoms with Crippen molar-refractivity contribution in [3.63, 3.8) is 0 Å². The lowest BCUT2D eigenvalue weighted by Crippen LogP contribution is -2.17. The molecule has 140 valence electrons. The summed E-state index contributed by atoms with van der Waals surface area (Å²) in [6, 6.07) is 9.01. The van der Waals surface area contributed by atoms with E-state index in [0.29, 0.717) is 20.0 Å². The number of nitrogens with one attached hydrogen (secondary N) is 2. The van der Waals surface area contributed by atoms with Crippen LogP contribution < -0.4 is 21.1 Å². The van der Waals surface area contributed by atoms with Gasteiger partial charge in [-0.2, -0.15) is 0 Å². The number of hydrogen-bond acceptors (Lipinski definition) is 9. The van der Waals surface area contributed by atoms with Crippen LogP contribution in [0.2, 0.25) is 0 Å². The Morgan fingerprint density at radius 2 is 2.00 bits per heavy atom. The van der Waals surface area contributed by atoms with Gasteiger partial charge in [0, 0.05) is 5.69 Å². The van der Waals surface area contributed by atoms with Crippen LogP contribution >= 0.6 is 34.4 Å². The molecule has 0 aliphatic carbocycles. The maximum Gasteiger partial charge on any atom is 0.251 e. The summed E-state index contributed by atoms with van der Waals surface area (Å²) in [6.07, 6.45) is 0. The van der Waals surface area contributed by atoms with Gasteiger partial charge in [0.05, 0.1) is 18.4 Å². The standard InChI is InChI=1S/C16H15N5O3S3/c1-24-10-4-2-9(3-5-10)18-15-20-21-16(27-15)26-8-12(22)19-14-11(13(17)23)6-7-25-14/h2-7H,8H2,1H3,(H2,17,23)(H,18,20)(H,19,22). The molecule has 8 nitrogen and oxygen atoms in total. The van der Waals surface area contributed by atoms with Crippen LogP contribution in [0, 0.1) is 0 Å². The molecule has 0 spiro atoms. The molecule has 27 heavy (non-hydrogen) atoms. The van der Waals surface area contributed by atoms with Crippen LogP contribution in [0.1, 0.15) is 10.4 Å². The highest BCUT2D eigenvalue weighted by molar-refractivity contribution is 8.01. The summed E-state index contributed by atoms with van der Waals surface area (Å²) in [5.41, 5.74) is 6.43. The molecule has 0 saturated heterocycles. The van der Waals surface area contributed by atoms with E-state index in [0.717, 1.165) is 11.4 Å². The van der Waals surface area contributed by atoms with Gasteiger partial charge in [-0.05, 0) is 35.7 Å². The van der Waals surface area contributed by atoms with Crippen molar-refractivity contribution < 1.29 is 14.3 Å². The second-order valence-corrected chi connectivity index (χ2v) is 8.21. The monoisotopic (exact) mass is 421 g/mol. The summed E-state index contributed by atoms with van der Waals surface area (Å²) in [5.74, 6) is 0.0977. The van der Waals surface area contributed by atoms with E-state index < -0.39 is 5.91 Å². The second kappa shape index (κ2) is 8.84. The lowest BCUT2D eigenvalue weighted by Gasteiger charge is -2.03. The van der Waals surface area contributed by atoms with E-state index in [1.807, 2.05) is 24.3 Å². The van der Waals surface area contributed by atoms with Gasteiger partial charge in [0.1, 0.15) is 10.8 Å². The minimum absolute atomic E-state index is 0.146. The molecule has 0 unspecified atom stereocenters. The Hall–Kier alpha value is -2.63. The number of benzene rings is 1. The molecule has 11 heteroatoms. The zero-order valence-electron chi connectivity index (χ0n) is 14.1. The number of anilines is 3. The first-order chi connectivity index (χ1) is 13.0. The predicted octanol–water partition coefficient (Wildman–Crippen LogP) is 3.18. The number of nitrogens with zero attached hydrogens (tertiary/aromatic N) is 2. The van der Waals surface area contributed by atoms with Gasteiger partial charge in [0.2, 0.25) is 11.0 Å². The van der Waals surface area contributed by atoms with Crippen LogP contribution in [0.5, 0.6) is 5.75 Å². The first-order valence-corrected chi connectivity index (χ1v) is 10.3. The zero-order valence-corrected chi connectivity index (χ0v) is 16.5. The first kappa shape index (κ1) is 19.1. The number of nitrogens with two attached hydrogens (primary N) is 1. The largest absolute Gasteiger partial charge is 0.497 e. The second-order valence-electron chi connectivity index (χ2n) is 5.09. The highest BCUT2D eigenvalue weighted by atomic mass is 32.2. The minimum Gasteiger partial charge on any atom is -0.497 e. The lowest BCUT2D eigenvalue weighted by molar-refractivity contribution is -0.113. The molecule has 0 bridgehead atoms. The third-order valence-corrected chi connectivity index (χ3v) is 6.06. The number of thiophene rings is 1. The van der Waals surface area contributed by atoms with Crippen LogP contribution in [0.3, 0.4) is 0 Å². The van der Waals surface area contributed by atoms with Crippen molar-refractivity contribution in [3.05, 3.63) is 41.3 Å². The molecule has 4 N–H and O–H groups in total. The van der Waals surface area contributed by atoms with Gasteiger partial charge in [-0.1, -0.05) is 23.1 Å². The highest BCUT2D eigenvalue weighted by Gasteiger charge is 2.14. The van der Waals surface area contributed by atoms with Crippen molar-refractivity contribution in [1.29, 1.82) is 0 Å². The average molecular weight is 422 g/mol. The molecule has 0 saturated carbocycles. The van der Waals surface area contributed by atoms with E-state index in [2.05, 4.69) is 20.8 Å². The van der Waals surface area contributed by atoms with Gasteiger partial charge in [-0.3, -0.25) is 9.59 Å². The van der Waals surface area contributed by atoms with Crippen molar-refractivity contribution in [3.8, 4) is 5.75 Å². The fourth-order valence-electron chi connectivity index (χ4n) is 2.01.